The SMILES string of the molecule is CC1CN(C(=O)/C(C#N)=C\Nc2cc(C(F)(F)F)cc(C(F)(F)F)c2)CC(C)O1. The van der Waals surface area contributed by atoms with Gasteiger partial charge in [0.15, 0.2) is 0 Å². The van der Waals surface area contributed by atoms with Crippen molar-refractivity contribution in [2.24, 2.45) is 0 Å². The zero-order valence-corrected chi connectivity index (χ0v) is 15.4. The Kier molecular flexibility index (Phi) is 6.47. The fraction of sp³-hybridized carbons (Fsp3) is 0.444. The van der Waals surface area contributed by atoms with Crippen LogP contribution in [0.4, 0.5) is 32.0 Å². The lowest BCUT2D eigenvalue weighted by molar-refractivity contribution is -0.143. The maximum absolute atomic E-state index is 12.9. The van der Waals surface area contributed by atoms with Gasteiger partial charge in [0, 0.05) is 25.0 Å². The summed E-state index contributed by atoms with van der Waals surface area (Å²) in [7, 11) is 0. The first-order valence-corrected chi connectivity index (χ1v) is 8.42. The number of benzene rings is 1. The van der Waals surface area contributed by atoms with Crippen molar-refractivity contribution in [2.45, 2.75) is 38.4 Å². The van der Waals surface area contributed by atoms with Crippen LogP contribution < -0.4 is 5.32 Å². The Hall–Kier alpha value is -2.74. The molecule has 158 valence electrons. The number of halogens is 6. The van der Waals surface area contributed by atoms with Gasteiger partial charge in [-0.05, 0) is 32.0 Å². The Morgan fingerprint density at radius 2 is 1.59 bits per heavy atom. The predicted octanol–water partition coefficient (Wildman–Crippen LogP) is 4.18. The van der Waals surface area contributed by atoms with E-state index < -0.39 is 40.6 Å². The van der Waals surface area contributed by atoms with Crippen LogP contribution in [-0.4, -0.2) is 36.1 Å². The van der Waals surface area contributed by atoms with E-state index in [1.807, 2.05) is 0 Å². The van der Waals surface area contributed by atoms with Crippen LogP contribution >= 0.6 is 0 Å². The Morgan fingerprint density at radius 3 is 2.00 bits per heavy atom. The fourth-order valence-electron chi connectivity index (χ4n) is 2.85. The molecule has 11 heteroatoms. The van der Waals surface area contributed by atoms with Crippen molar-refractivity contribution in [3.63, 3.8) is 0 Å². The van der Waals surface area contributed by atoms with Gasteiger partial charge >= 0.3 is 12.4 Å². The van der Waals surface area contributed by atoms with Gasteiger partial charge in [-0.25, -0.2) is 0 Å². The van der Waals surface area contributed by atoms with Gasteiger partial charge in [-0.2, -0.15) is 31.6 Å². The summed E-state index contributed by atoms with van der Waals surface area (Å²) in [6, 6.07) is 2.52. The van der Waals surface area contributed by atoms with E-state index >= 15 is 0 Å². The zero-order valence-electron chi connectivity index (χ0n) is 15.4. The van der Waals surface area contributed by atoms with E-state index in [0.717, 1.165) is 6.20 Å². The van der Waals surface area contributed by atoms with Crippen LogP contribution in [0, 0.1) is 11.3 Å². The molecule has 2 rings (SSSR count). The number of morpholine rings is 1. The normalized spacial score (nSPS) is 20.9. The molecule has 0 aliphatic carbocycles. The van der Waals surface area contributed by atoms with Gasteiger partial charge in [0.2, 0.25) is 0 Å². The largest absolute Gasteiger partial charge is 0.416 e. The summed E-state index contributed by atoms with van der Waals surface area (Å²) < 4.78 is 82.9. The predicted molar refractivity (Wildman–Crippen MR) is 90.4 cm³/mol. The molecular weight excluding hydrogens is 404 g/mol. The number of hydrogen-bond acceptors (Lipinski definition) is 4. The minimum atomic E-state index is -5.00. The number of rotatable bonds is 3. The maximum atomic E-state index is 12.9. The topological polar surface area (TPSA) is 65.4 Å². The van der Waals surface area contributed by atoms with Gasteiger partial charge in [-0.15, -0.1) is 0 Å². The number of nitrogens with one attached hydrogen (secondary N) is 1. The number of nitriles is 1. The van der Waals surface area contributed by atoms with Gasteiger partial charge in [-0.1, -0.05) is 0 Å². The minimum Gasteiger partial charge on any atom is -0.372 e. The first-order valence-electron chi connectivity index (χ1n) is 8.42. The first-order chi connectivity index (χ1) is 13.3. The molecule has 0 spiro atoms. The van der Waals surface area contributed by atoms with Crippen LogP contribution in [0.15, 0.2) is 30.0 Å². The molecule has 0 saturated carbocycles. The third-order valence-corrected chi connectivity index (χ3v) is 4.03. The third kappa shape index (κ3) is 5.87. The Labute approximate surface area is 162 Å². The average molecular weight is 421 g/mol. The van der Waals surface area contributed by atoms with E-state index in [2.05, 4.69) is 5.32 Å². The molecule has 2 unspecified atom stereocenters. The highest BCUT2D eigenvalue weighted by atomic mass is 19.4. The van der Waals surface area contributed by atoms with E-state index in [0.29, 0.717) is 12.1 Å². The summed E-state index contributed by atoms with van der Waals surface area (Å²) in [5, 5.41) is 11.4. The van der Waals surface area contributed by atoms with Crippen molar-refractivity contribution in [3.05, 3.63) is 41.1 Å². The van der Waals surface area contributed by atoms with Crippen molar-refractivity contribution < 1.29 is 35.9 Å². The van der Waals surface area contributed by atoms with Crippen LogP contribution in [-0.2, 0) is 21.9 Å². The molecule has 2 atom stereocenters. The molecule has 1 aromatic rings. The number of amides is 1. The van der Waals surface area contributed by atoms with Crippen molar-refractivity contribution in [1.82, 2.24) is 4.90 Å². The van der Waals surface area contributed by atoms with Gasteiger partial charge in [0.25, 0.3) is 5.91 Å². The average Bonchev–Trinajstić information content (AvgIpc) is 2.59. The van der Waals surface area contributed by atoms with Crippen LogP contribution in [0.3, 0.4) is 0 Å². The van der Waals surface area contributed by atoms with Crippen LogP contribution in [0.1, 0.15) is 25.0 Å². The third-order valence-electron chi connectivity index (χ3n) is 4.03. The zero-order chi connectivity index (χ0) is 22.0. The van der Waals surface area contributed by atoms with Gasteiger partial charge in [0.1, 0.15) is 11.6 Å². The molecule has 1 saturated heterocycles. The smallest absolute Gasteiger partial charge is 0.372 e. The monoisotopic (exact) mass is 421 g/mol. The fourth-order valence-corrected chi connectivity index (χ4v) is 2.85. The van der Waals surface area contributed by atoms with E-state index in [9.17, 15) is 36.4 Å². The molecule has 1 heterocycles. The lowest BCUT2D eigenvalue weighted by atomic mass is 10.1. The van der Waals surface area contributed by atoms with Gasteiger partial charge in [0.05, 0.1) is 23.3 Å². The summed E-state index contributed by atoms with van der Waals surface area (Å²) in [6.45, 7) is 3.85. The second-order valence-corrected chi connectivity index (χ2v) is 6.58. The lowest BCUT2D eigenvalue weighted by Crippen LogP contribution is -2.48. The summed E-state index contributed by atoms with van der Waals surface area (Å²) in [5.41, 5.74) is -4.04. The summed E-state index contributed by atoms with van der Waals surface area (Å²) >= 11 is 0. The maximum Gasteiger partial charge on any atom is 0.416 e. The Bertz CT molecular complexity index is 799. The molecule has 0 bridgehead atoms. The van der Waals surface area contributed by atoms with Crippen molar-refractivity contribution >= 4 is 11.6 Å². The molecular formula is C18H17F6N3O2. The van der Waals surface area contributed by atoms with Crippen LogP contribution in [0.5, 0.6) is 0 Å². The number of nitrogens with zero attached hydrogens (tertiary/aromatic N) is 2. The number of carbonyl (C=O) groups is 1. The molecule has 1 aliphatic rings. The van der Waals surface area contributed by atoms with E-state index in [4.69, 9.17) is 4.74 Å². The number of alkyl halides is 6. The molecule has 1 aromatic carbocycles. The van der Waals surface area contributed by atoms with E-state index in [-0.39, 0.29) is 31.4 Å². The Morgan fingerprint density at radius 1 is 1.10 bits per heavy atom. The molecule has 1 amide bonds. The molecule has 5 nitrogen and oxygen atoms in total. The number of ether oxygens (including phenoxy) is 1. The second kappa shape index (κ2) is 8.32. The minimum absolute atomic E-state index is 0.0121. The highest BCUT2D eigenvalue weighted by molar-refractivity contribution is 5.97. The van der Waals surface area contributed by atoms with Crippen LogP contribution in [0.2, 0.25) is 0 Å². The second-order valence-electron chi connectivity index (χ2n) is 6.58. The quantitative estimate of drug-likeness (QED) is 0.452. The van der Waals surface area contributed by atoms with Crippen molar-refractivity contribution in [3.8, 4) is 6.07 Å². The first kappa shape index (κ1) is 22.5. The molecule has 0 radical (unpaired) electrons. The highest BCUT2D eigenvalue weighted by Crippen LogP contribution is 2.37. The summed E-state index contributed by atoms with van der Waals surface area (Å²) in [6.07, 6.45) is -9.78. The molecule has 1 N–H and O–H groups in total. The number of hydrogen-bond donors (Lipinski definition) is 1. The summed E-state index contributed by atoms with van der Waals surface area (Å²) in [5.74, 6) is -0.704. The number of carbonyl (C=O) groups excluding carboxylic acids is 1. The standard InChI is InChI=1S/C18H17F6N3O2/c1-10-8-27(9-11(2)29-10)16(28)12(6-25)7-26-15-4-13(17(19,20)21)3-14(5-15)18(22,23)24/h3-5,7,10-11,26H,8-9H2,1-2H3/b12-7-. The van der Waals surface area contributed by atoms with Gasteiger partial charge in [-0.3, -0.25) is 4.79 Å². The van der Waals surface area contributed by atoms with Crippen molar-refractivity contribution in [1.29, 1.82) is 5.26 Å². The van der Waals surface area contributed by atoms with E-state index in [1.54, 1.807) is 19.9 Å². The van der Waals surface area contributed by atoms with E-state index in [1.165, 1.54) is 4.90 Å². The molecule has 1 aliphatic heterocycles. The van der Waals surface area contributed by atoms with Gasteiger partial charge < -0.3 is 15.0 Å². The molecule has 0 aromatic heterocycles. The van der Waals surface area contributed by atoms with Crippen molar-refractivity contribution in [2.75, 3.05) is 18.4 Å². The number of anilines is 1. The Balaban J connectivity index is 2.30. The lowest BCUT2D eigenvalue weighted by Gasteiger charge is -2.35. The highest BCUT2D eigenvalue weighted by Gasteiger charge is 2.37. The molecule has 29 heavy (non-hydrogen) atoms. The molecule has 1 fully saturated rings. The summed E-state index contributed by atoms with van der Waals surface area (Å²) in [4.78, 5) is 13.8. The van der Waals surface area contributed by atoms with Crippen LogP contribution in [0.25, 0.3) is 0 Å².